The van der Waals surface area contributed by atoms with Crippen LogP contribution in [-0.4, -0.2) is 41.2 Å². The fraction of sp³-hybridized carbons (Fsp3) is 0.529. The fourth-order valence-electron chi connectivity index (χ4n) is 2.99. The molecule has 1 aliphatic rings. The number of ether oxygens (including phenoxy) is 1. The van der Waals surface area contributed by atoms with Crippen molar-refractivity contribution >= 4 is 5.97 Å². The highest BCUT2D eigenvalue weighted by Crippen LogP contribution is 2.36. The minimum atomic E-state index is -0.706. The highest BCUT2D eigenvalue weighted by molar-refractivity contribution is 5.75. The first-order valence-electron chi connectivity index (χ1n) is 7.58. The molecule has 2 rings (SSSR count). The summed E-state index contributed by atoms with van der Waals surface area (Å²) in [4.78, 5) is 18.3. The van der Waals surface area contributed by atoms with Gasteiger partial charge < -0.3 is 9.84 Å². The van der Waals surface area contributed by atoms with Crippen LogP contribution in [0.4, 0.5) is 0 Å². The SMILES string of the molecule is C=CCC1(C(=O)O)CCN(Cc2ccc(C)c(OC)n2)CC1. The number of carboxylic acid groups (broad SMARTS) is 1. The lowest BCUT2D eigenvalue weighted by Gasteiger charge is -2.38. The molecule has 1 aromatic rings. The molecule has 22 heavy (non-hydrogen) atoms. The highest BCUT2D eigenvalue weighted by atomic mass is 16.5. The summed E-state index contributed by atoms with van der Waals surface area (Å²) >= 11 is 0. The molecule has 5 nitrogen and oxygen atoms in total. The average molecular weight is 304 g/mol. The number of allylic oxidation sites excluding steroid dienone is 1. The normalized spacial score (nSPS) is 17.9. The van der Waals surface area contributed by atoms with Gasteiger partial charge in [-0.05, 0) is 45.3 Å². The number of carbonyl (C=O) groups is 1. The third-order valence-electron chi connectivity index (χ3n) is 4.49. The molecule has 1 aromatic heterocycles. The maximum Gasteiger partial charge on any atom is 0.310 e. The summed E-state index contributed by atoms with van der Waals surface area (Å²) in [5.41, 5.74) is 1.33. The van der Waals surface area contributed by atoms with E-state index in [0.717, 1.165) is 30.9 Å². The number of methoxy groups -OCH3 is 1. The topological polar surface area (TPSA) is 62.7 Å². The Morgan fingerprint density at radius 2 is 2.18 bits per heavy atom. The van der Waals surface area contributed by atoms with E-state index < -0.39 is 11.4 Å². The maximum absolute atomic E-state index is 11.6. The Morgan fingerprint density at radius 1 is 1.50 bits per heavy atom. The molecule has 5 heteroatoms. The fourth-order valence-corrected chi connectivity index (χ4v) is 2.99. The van der Waals surface area contributed by atoms with Crippen molar-refractivity contribution in [3.63, 3.8) is 0 Å². The van der Waals surface area contributed by atoms with Crippen molar-refractivity contribution in [1.29, 1.82) is 0 Å². The van der Waals surface area contributed by atoms with E-state index >= 15 is 0 Å². The van der Waals surface area contributed by atoms with Gasteiger partial charge in [0.25, 0.3) is 0 Å². The lowest BCUT2D eigenvalue weighted by Crippen LogP contribution is -2.43. The van der Waals surface area contributed by atoms with Gasteiger partial charge in [0, 0.05) is 12.1 Å². The summed E-state index contributed by atoms with van der Waals surface area (Å²) in [6, 6.07) is 4.00. The number of carboxylic acids is 1. The van der Waals surface area contributed by atoms with E-state index in [1.807, 2.05) is 19.1 Å². The number of rotatable bonds is 6. The molecule has 1 N–H and O–H groups in total. The number of aromatic nitrogens is 1. The third-order valence-corrected chi connectivity index (χ3v) is 4.49. The third kappa shape index (κ3) is 3.47. The standard InChI is InChI=1S/C17H24N2O3/c1-4-7-17(16(20)21)8-10-19(11-9-17)12-14-6-5-13(2)15(18-14)22-3/h4-6H,1,7-12H2,2-3H3,(H,20,21). The zero-order chi connectivity index (χ0) is 16.2. The number of nitrogens with zero attached hydrogens (tertiary/aromatic N) is 2. The van der Waals surface area contributed by atoms with Crippen LogP contribution in [0.25, 0.3) is 0 Å². The molecule has 1 saturated heterocycles. The van der Waals surface area contributed by atoms with Crippen molar-refractivity contribution in [3.8, 4) is 5.88 Å². The number of pyridine rings is 1. The predicted molar refractivity (Wildman–Crippen MR) is 84.9 cm³/mol. The summed E-state index contributed by atoms with van der Waals surface area (Å²) in [5.74, 6) is -0.0526. The summed E-state index contributed by atoms with van der Waals surface area (Å²) in [6.07, 6.45) is 3.55. The Labute approximate surface area is 131 Å². The summed E-state index contributed by atoms with van der Waals surface area (Å²) < 4.78 is 5.25. The van der Waals surface area contributed by atoms with Gasteiger partial charge in [0.1, 0.15) is 0 Å². The molecule has 0 unspecified atom stereocenters. The lowest BCUT2D eigenvalue weighted by molar-refractivity contribution is -0.152. The molecule has 0 saturated carbocycles. The molecule has 0 spiro atoms. The van der Waals surface area contributed by atoms with Crippen molar-refractivity contribution in [3.05, 3.63) is 36.0 Å². The van der Waals surface area contributed by atoms with Crippen LogP contribution < -0.4 is 4.74 Å². The number of piperidine rings is 1. The molecule has 0 aliphatic carbocycles. The second-order valence-corrected chi connectivity index (χ2v) is 5.98. The lowest BCUT2D eigenvalue weighted by atomic mass is 9.75. The van der Waals surface area contributed by atoms with Crippen molar-refractivity contribution in [2.24, 2.45) is 5.41 Å². The predicted octanol–water partition coefficient (Wildman–Crippen LogP) is 2.64. The summed E-state index contributed by atoms with van der Waals surface area (Å²) in [6.45, 7) is 7.91. The van der Waals surface area contributed by atoms with Crippen molar-refractivity contribution < 1.29 is 14.6 Å². The second kappa shape index (κ2) is 6.92. The number of hydrogen-bond acceptors (Lipinski definition) is 4. The van der Waals surface area contributed by atoms with Gasteiger partial charge in [-0.3, -0.25) is 9.69 Å². The molecule has 0 bridgehead atoms. The van der Waals surface area contributed by atoms with Gasteiger partial charge in [-0.25, -0.2) is 4.98 Å². The van der Waals surface area contributed by atoms with Crippen molar-refractivity contribution in [1.82, 2.24) is 9.88 Å². The maximum atomic E-state index is 11.6. The Kier molecular flexibility index (Phi) is 5.19. The number of likely N-dealkylation sites (tertiary alicyclic amines) is 1. The van der Waals surface area contributed by atoms with Crippen molar-refractivity contribution in [2.45, 2.75) is 32.7 Å². The quantitative estimate of drug-likeness (QED) is 0.819. The zero-order valence-corrected chi connectivity index (χ0v) is 13.3. The van der Waals surface area contributed by atoms with E-state index in [-0.39, 0.29) is 0 Å². The molecule has 1 aliphatic heterocycles. The Bertz CT molecular complexity index is 549. The minimum absolute atomic E-state index is 0.535. The number of hydrogen-bond donors (Lipinski definition) is 1. The zero-order valence-electron chi connectivity index (χ0n) is 13.3. The van der Waals surface area contributed by atoms with Gasteiger partial charge in [0.05, 0.1) is 18.2 Å². The minimum Gasteiger partial charge on any atom is -0.481 e. The monoisotopic (exact) mass is 304 g/mol. The number of aliphatic carboxylic acids is 1. The van der Waals surface area contributed by atoms with Crippen LogP contribution in [0.5, 0.6) is 5.88 Å². The summed E-state index contributed by atoms with van der Waals surface area (Å²) in [7, 11) is 1.62. The highest BCUT2D eigenvalue weighted by Gasteiger charge is 2.40. The average Bonchev–Trinajstić information content (AvgIpc) is 2.51. The molecule has 2 heterocycles. The van der Waals surface area contributed by atoms with Gasteiger partial charge in [-0.2, -0.15) is 0 Å². The molecule has 0 atom stereocenters. The Hall–Kier alpha value is -1.88. The van der Waals surface area contributed by atoms with Crippen LogP contribution in [0.3, 0.4) is 0 Å². The first-order valence-corrected chi connectivity index (χ1v) is 7.58. The van der Waals surface area contributed by atoms with E-state index in [1.54, 1.807) is 13.2 Å². The Balaban J connectivity index is 2.00. The van der Waals surface area contributed by atoms with Gasteiger partial charge in [-0.15, -0.1) is 6.58 Å². The first kappa shape index (κ1) is 16.5. The smallest absolute Gasteiger partial charge is 0.310 e. The number of aryl methyl sites for hydroxylation is 1. The van der Waals surface area contributed by atoms with Crippen LogP contribution in [0.15, 0.2) is 24.8 Å². The van der Waals surface area contributed by atoms with Crippen molar-refractivity contribution in [2.75, 3.05) is 20.2 Å². The molecule has 1 fully saturated rings. The second-order valence-electron chi connectivity index (χ2n) is 5.98. The van der Waals surface area contributed by atoms with Crippen LogP contribution in [0.2, 0.25) is 0 Å². The van der Waals surface area contributed by atoms with E-state index in [4.69, 9.17) is 4.74 Å². The molecule has 0 aromatic carbocycles. The van der Waals surface area contributed by atoms with Crippen LogP contribution in [0.1, 0.15) is 30.5 Å². The van der Waals surface area contributed by atoms with Gasteiger partial charge in [-0.1, -0.05) is 12.1 Å². The summed E-state index contributed by atoms with van der Waals surface area (Å²) in [5, 5.41) is 9.50. The molecular formula is C17H24N2O3. The molecule has 120 valence electrons. The molecule has 0 amide bonds. The van der Waals surface area contributed by atoms with Gasteiger partial charge in [0.15, 0.2) is 0 Å². The van der Waals surface area contributed by atoms with E-state index in [0.29, 0.717) is 25.1 Å². The van der Waals surface area contributed by atoms with Gasteiger partial charge >= 0.3 is 5.97 Å². The van der Waals surface area contributed by atoms with Gasteiger partial charge in [0.2, 0.25) is 5.88 Å². The largest absolute Gasteiger partial charge is 0.481 e. The molecule has 0 radical (unpaired) electrons. The molecular weight excluding hydrogens is 280 g/mol. The van der Waals surface area contributed by atoms with E-state index in [2.05, 4.69) is 16.5 Å². The van der Waals surface area contributed by atoms with Crippen LogP contribution in [-0.2, 0) is 11.3 Å². The van der Waals surface area contributed by atoms with E-state index in [9.17, 15) is 9.90 Å². The van der Waals surface area contributed by atoms with Crippen LogP contribution >= 0.6 is 0 Å². The Morgan fingerprint density at radius 3 is 2.73 bits per heavy atom. The van der Waals surface area contributed by atoms with E-state index in [1.165, 1.54) is 0 Å². The van der Waals surface area contributed by atoms with Crippen LogP contribution in [0, 0.1) is 12.3 Å². The first-order chi connectivity index (χ1) is 10.5.